The number of aliphatic imine (C=N–C) groups is 1. The van der Waals surface area contributed by atoms with Crippen LogP contribution >= 0.6 is 11.6 Å². The van der Waals surface area contributed by atoms with Gasteiger partial charge in [-0.1, -0.05) is 41.9 Å². The third-order valence-corrected chi connectivity index (χ3v) is 2.63. The maximum Gasteiger partial charge on any atom is 0.0639 e. The predicted molar refractivity (Wildman–Crippen MR) is 73.6 cm³/mol. The van der Waals surface area contributed by atoms with Gasteiger partial charge in [-0.05, 0) is 23.8 Å². The number of nitrogens with two attached hydrogens (primary N) is 1. The zero-order valence-corrected chi connectivity index (χ0v) is 10.1. The summed E-state index contributed by atoms with van der Waals surface area (Å²) >= 11 is 5.90. The van der Waals surface area contributed by atoms with E-state index < -0.39 is 0 Å². The first kappa shape index (κ1) is 11.7. The molecule has 0 atom stereocenters. The fourth-order valence-corrected chi connectivity index (χ4v) is 1.67. The van der Waals surface area contributed by atoms with Gasteiger partial charge in [0.05, 0.1) is 6.54 Å². The molecule has 0 bridgehead atoms. The molecule has 0 amide bonds. The van der Waals surface area contributed by atoms with Crippen molar-refractivity contribution in [1.29, 1.82) is 0 Å². The molecule has 0 unspecified atom stereocenters. The van der Waals surface area contributed by atoms with Crippen molar-refractivity contribution in [3.63, 3.8) is 0 Å². The Labute approximate surface area is 106 Å². The number of nitrogens with zero attached hydrogens (tertiary/aromatic N) is 1. The van der Waals surface area contributed by atoms with Gasteiger partial charge >= 0.3 is 0 Å². The van der Waals surface area contributed by atoms with Crippen molar-refractivity contribution < 1.29 is 0 Å². The summed E-state index contributed by atoms with van der Waals surface area (Å²) in [7, 11) is 0. The first-order valence-electron chi connectivity index (χ1n) is 5.34. The molecule has 0 saturated carbocycles. The SMILES string of the molecule is Nc1ccc(Cl)cc1C=NCc1ccccc1. The van der Waals surface area contributed by atoms with Crippen LogP contribution in [-0.4, -0.2) is 6.21 Å². The average Bonchev–Trinajstić information content (AvgIpc) is 2.35. The van der Waals surface area contributed by atoms with E-state index in [0.717, 1.165) is 5.56 Å². The zero-order valence-electron chi connectivity index (χ0n) is 9.31. The molecule has 0 aliphatic carbocycles. The van der Waals surface area contributed by atoms with Crippen LogP contribution in [0.4, 0.5) is 5.69 Å². The molecule has 3 heteroatoms. The van der Waals surface area contributed by atoms with E-state index in [1.807, 2.05) is 36.4 Å². The van der Waals surface area contributed by atoms with E-state index in [1.54, 1.807) is 18.3 Å². The normalized spacial score (nSPS) is 10.9. The molecule has 0 fully saturated rings. The summed E-state index contributed by atoms with van der Waals surface area (Å²) in [6, 6.07) is 15.4. The zero-order chi connectivity index (χ0) is 12.1. The Bertz CT molecular complexity index is 521. The van der Waals surface area contributed by atoms with Gasteiger partial charge in [-0.2, -0.15) is 0 Å². The van der Waals surface area contributed by atoms with Crippen molar-refractivity contribution in [3.05, 3.63) is 64.7 Å². The molecule has 17 heavy (non-hydrogen) atoms. The number of anilines is 1. The Morgan fingerprint density at radius 3 is 2.65 bits per heavy atom. The maximum absolute atomic E-state index is 5.90. The van der Waals surface area contributed by atoms with Crippen molar-refractivity contribution in [2.24, 2.45) is 4.99 Å². The van der Waals surface area contributed by atoms with Gasteiger partial charge in [-0.25, -0.2) is 0 Å². The van der Waals surface area contributed by atoms with Gasteiger partial charge in [-0.3, -0.25) is 4.99 Å². The molecule has 2 nitrogen and oxygen atoms in total. The molecule has 0 aromatic heterocycles. The lowest BCUT2D eigenvalue weighted by Gasteiger charge is -2.00. The van der Waals surface area contributed by atoms with Crippen LogP contribution in [0, 0.1) is 0 Å². The van der Waals surface area contributed by atoms with Crippen LogP contribution in [0.15, 0.2) is 53.5 Å². The van der Waals surface area contributed by atoms with Gasteiger partial charge < -0.3 is 5.73 Å². The minimum atomic E-state index is 0.646. The second-order valence-corrected chi connectivity index (χ2v) is 4.17. The lowest BCUT2D eigenvalue weighted by atomic mass is 10.2. The smallest absolute Gasteiger partial charge is 0.0639 e. The summed E-state index contributed by atoms with van der Waals surface area (Å²) in [5.74, 6) is 0. The second kappa shape index (κ2) is 5.51. The molecule has 2 rings (SSSR count). The van der Waals surface area contributed by atoms with Crippen LogP contribution in [0.3, 0.4) is 0 Å². The van der Waals surface area contributed by atoms with Crippen LogP contribution in [0.2, 0.25) is 5.02 Å². The van der Waals surface area contributed by atoms with Crippen molar-refractivity contribution >= 4 is 23.5 Å². The van der Waals surface area contributed by atoms with Crippen LogP contribution < -0.4 is 5.73 Å². The van der Waals surface area contributed by atoms with Gasteiger partial charge in [0.1, 0.15) is 0 Å². The number of hydrogen-bond acceptors (Lipinski definition) is 2. The molecule has 2 N–H and O–H groups in total. The highest BCUT2D eigenvalue weighted by molar-refractivity contribution is 6.31. The first-order valence-corrected chi connectivity index (χ1v) is 5.72. The van der Waals surface area contributed by atoms with E-state index in [-0.39, 0.29) is 0 Å². The lowest BCUT2D eigenvalue weighted by Crippen LogP contribution is -1.93. The van der Waals surface area contributed by atoms with E-state index in [2.05, 4.69) is 4.99 Å². The van der Waals surface area contributed by atoms with Crippen molar-refractivity contribution in [2.75, 3.05) is 5.73 Å². The Morgan fingerprint density at radius 2 is 1.88 bits per heavy atom. The van der Waals surface area contributed by atoms with Crippen LogP contribution in [0.1, 0.15) is 11.1 Å². The number of nitrogen functional groups attached to an aromatic ring is 1. The Balaban J connectivity index is 2.08. The summed E-state index contributed by atoms with van der Waals surface area (Å²) in [6.07, 6.45) is 1.76. The number of hydrogen-bond donors (Lipinski definition) is 1. The van der Waals surface area contributed by atoms with E-state index in [4.69, 9.17) is 17.3 Å². The van der Waals surface area contributed by atoms with E-state index >= 15 is 0 Å². The molecule has 0 radical (unpaired) electrons. The van der Waals surface area contributed by atoms with Gasteiger partial charge in [0.2, 0.25) is 0 Å². The van der Waals surface area contributed by atoms with Crippen LogP contribution in [-0.2, 0) is 6.54 Å². The largest absolute Gasteiger partial charge is 0.398 e. The van der Waals surface area contributed by atoms with Crippen molar-refractivity contribution in [1.82, 2.24) is 0 Å². The summed E-state index contributed by atoms with van der Waals surface area (Å²) < 4.78 is 0. The fourth-order valence-electron chi connectivity index (χ4n) is 1.49. The monoisotopic (exact) mass is 244 g/mol. The number of benzene rings is 2. The van der Waals surface area contributed by atoms with Crippen molar-refractivity contribution in [3.8, 4) is 0 Å². The topological polar surface area (TPSA) is 38.4 Å². The molecule has 86 valence electrons. The molecule has 2 aromatic rings. The van der Waals surface area contributed by atoms with E-state index in [0.29, 0.717) is 17.3 Å². The first-order chi connectivity index (χ1) is 8.25. The minimum Gasteiger partial charge on any atom is -0.398 e. The predicted octanol–water partition coefficient (Wildman–Crippen LogP) is 3.54. The standard InChI is InChI=1S/C14H13ClN2/c15-13-6-7-14(16)12(8-13)10-17-9-11-4-2-1-3-5-11/h1-8,10H,9,16H2. The molecular weight excluding hydrogens is 232 g/mol. The Kier molecular flexibility index (Phi) is 3.78. The summed E-state index contributed by atoms with van der Waals surface area (Å²) in [6.45, 7) is 0.646. The summed E-state index contributed by atoms with van der Waals surface area (Å²) in [4.78, 5) is 4.35. The molecule has 0 heterocycles. The highest BCUT2D eigenvalue weighted by Crippen LogP contribution is 2.16. The molecule has 0 aliphatic heterocycles. The molecule has 0 aliphatic rings. The highest BCUT2D eigenvalue weighted by Gasteiger charge is 1.96. The molecule has 0 spiro atoms. The van der Waals surface area contributed by atoms with E-state index in [9.17, 15) is 0 Å². The lowest BCUT2D eigenvalue weighted by molar-refractivity contribution is 1.08. The summed E-state index contributed by atoms with van der Waals surface area (Å²) in [5, 5.41) is 0.667. The third kappa shape index (κ3) is 3.33. The van der Waals surface area contributed by atoms with Crippen LogP contribution in [0.5, 0.6) is 0 Å². The average molecular weight is 245 g/mol. The molecular formula is C14H13ClN2. The van der Waals surface area contributed by atoms with Crippen molar-refractivity contribution in [2.45, 2.75) is 6.54 Å². The Morgan fingerprint density at radius 1 is 1.12 bits per heavy atom. The van der Waals surface area contributed by atoms with Gasteiger partial charge in [-0.15, -0.1) is 0 Å². The van der Waals surface area contributed by atoms with Gasteiger partial charge in [0.15, 0.2) is 0 Å². The van der Waals surface area contributed by atoms with E-state index in [1.165, 1.54) is 5.56 Å². The molecule has 2 aromatic carbocycles. The van der Waals surface area contributed by atoms with Crippen LogP contribution in [0.25, 0.3) is 0 Å². The van der Waals surface area contributed by atoms with Gasteiger partial charge in [0, 0.05) is 22.5 Å². The Hall–Kier alpha value is -1.80. The number of halogens is 1. The quantitative estimate of drug-likeness (QED) is 0.651. The second-order valence-electron chi connectivity index (χ2n) is 3.73. The highest BCUT2D eigenvalue weighted by atomic mass is 35.5. The number of rotatable bonds is 3. The third-order valence-electron chi connectivity index (χ3n) is 2.40. The molecule has 0 saturated heterocycles. The summed E-state index contributed by atoms with van der Waals surface area (Å²) in [5.41, 5.74) is 8.53. The maximum atomic E-state index is 5.90. The van der Waals surface area contributed by atoms with Gasteiger partial charge in [0.25, 0.3) is 0 Å². The minimum absolute atomic E-state index is 0.646. The fraction of sp³-hybridized carbons (Fsp3) is 0.0714.